The summed E-state index contributed by atoms with van der Waals surface area (Å²) >= 11 is 0. The van der Waals surface area contributed by atoms with Crippen LogP contribution in [0.15, 0.2) is 54.7 Å². The van der Waals surface area contributed by atoms with Gasteiger partial charge in [-0.2, -0.15) is 0 Å². The van der Waals surface area contributed by atoms with Crippen LogP contribution in [0, 0.1) is 0 Å². The second-order valence-electron chi connectivity index (χ2n) is 4.88. The molecule has 0 saturated heterocycles. The summed E-state index contributed by atoms with van der Waals surface area (Å²) in [4.78, 5) is 23.6. The van der Waals surface area contributed by atoms with Gasteiger partial charge in [0.1, 0.15) is 0 Å². The van der Waals surface area contributed by atoms with Gasteiger partial charge in [-0.15, -0.1) is 5.10 Å². The molecule has 3 aromatic rings. The van der Waals surface area contributed by atoms with Gasteiger partial charge in [-0.3, -0.25) is 9.59 Å². The van der Waals surface area contributed by atoms with Crippen LogP contribution in [0.2, 0.25) is 0 Å². The van der Waals surface area contributed by atoms with Crippen LogP contribution in [0.25, 0.3) is 5.69 Å². The minimum Gasteiger partial charge on any atom is -0.398 e. The van der Waals surface area contributed by atoms with Crippen molar-refractivity contribution < 1.29 is 9.59 Å². The van der Waals surface area contributed by atoms with Crippen LogP contribution >= 0.6 is 0 Å². The van der Waals surface area contributed by atoms with E-state index < -0.39 is 5.91 Å². The number of nitrogens with two attached hydrogens (primary N) is 2. The summed E-state index contributed by atoms with van der Waals surface area (Å²) in [6, 6.07) is 13.3. The van der Waals surface area contributed by atoms with E-state index in [2.05, 4.69) is 10.3 Å². The summed E-state index contributed by atoms with van der Waals surface area (Å²) < 4.78 is 1.40. The second-order valence-corrected chi connectivity index (χ2v) is 4.88. The normalized spacial score (nSPS) is 10.4. The quantitative estimate of drug-likeness (QED) is 0.554. The summed E-state index contributed by atoms with van der Waals surface area (Å²) in [6.45, 7) is 0. The third-order valence-electron chi connectivity index (χ3n) is 3.33. The first-order chi connectivity index (χ1) is 11.1. The molecule has 1 heterocycles. The lowest BCUT2D eigenvalue weighted by Crippen LogP contribution is -2.11. The molecular weight excluding hydrogens is 294 g/mol. The SMILES string of the molecule is NC(=O)c1cccc(-n2cc(C(=O)c3ccccc3N)nn2)c1. The highest BCUT2D eigenvalue weighted by atomic mass is 16.1. The van der Waals surface area contributed by atoms with Crippen molar-refractivity contribution in [2.45, 2.75) is 0 Å². The van der Waals surface area contributed by atoms with Crippen LogP contribution < -0.4 is 11.5 Å². The van der Waals surface area contributed by atoms with Gasteiger partial charge >= 0.3 is 0 Å². The van der Waals surface area contributed by atoms with Crippen molar-refractivity contribution in [3.05, 3.63) is 71.5 Å². The minimum atomic E-state index is -0.541. The Morgan fingerprint density at radius 3 is 2.57 bits per heavy atom. The molecule has 0 unspecified atom stereocenters. The fourth-order valence-electron chi connectivity index (χ4n) is 2.14. The lowest BCUT2D eigenvalue weighted by atomic mass is 10.1. The van der Waals surface area contributed by atoms with Crippen LogP contribution in [-0.2, 0) is 0 Å². The number of benzene rings is 2. The smallest absolute Gasteiger partial charge is 0.248 e. The number of hydrogen-bond donors (Lipinski definition) is 2. The van der Waals surface area contributed by atoms with Crippen LogP contribution in [0.1, 0.15) is 26.4 Å². The summed E-state index contributed by atoms with van der Waals surface area (Å²) in [5.41, 5.74) is 12.9. The van der Waals surface area contributed by atoms with E-state index in [-0.39, 0.29) is 11.5 Å². The van der Waals surface area contributed by atoms with Crippen molar-refractivity contribution in [1.29, 1.82) is 0 Å². The highest BCUT2D eigenvalue weighted by molar-refractivity contribution is 6.10. The average molecular weight is 307 g/mol. The molecule has 0 aliphatic rings. The third-order valence-corrected chi connectivity index (χ3v) is 3.33. The van der Waals surface area contributed by atoms with Crippen molar-refractivity contribution in [3.8, 4) is 5.69 Å². The Morgan fingerprint density at radius 1 is 1.04 bits per heavy atom. The molecule has 0 bridgehead atoms. The molecule has 1 aromatic heterocycles. The summed E-state index contributed by atoms with van der Waals surface area (Å²) in [5.74, 6) is -0.860. The molecule has 0 saturated carbocycles. The van der Waals surface area contributed by atoms with Crippen LogP contribution in [0.3, 0.4) is 0 Å². The zero-order chi connectivity index (χ0) is 16.4. The Morgan fingerprint density at radius 2 is 1.83 bits per heavy atom. The van der Waals surface area contributed by atoms with E-state index in [1.54, 1.807) is 48.5 Å². The summed E-state index contributed by atoms with van der Waals surface area (Å²) in [5, 5.41) is 7.79. The van der Waals surface area contributed by atoms with Gasteiger partial charge in [0.05, 0.1) is 11.9 Å². The number of ketones is 1. The van der Waals surface area contributed by atoms with E-state index in [1.807, 2.05) is 0 Å². The van der Waals surface area contributed by atoms with Crippen molar-refractivity contribution in [1.82, 2.24) is 15.0 Å². The minimum absolute atomic E-state index is 0.160. The first-order valence-corrected chi connectivity index (χ1v) is 6.78. The molecule has 23 heavy (non-hydrogen) atoms. The van der Waals surface area contributed by atoms with E-state index in [9.17, 15) is 9.59 Å². The number of anilines is 1. The molecule has 7 nitrogen and oxygen atoms in total. The van der Waals surface area contributed by atoms with E-state index >= 15 is 0 Å². The van der Waals surface area contributed by atoms with Gasteiger partial charge in [0.25, 0.3) is 0 Å². The van der Waals surface area contributed by atoms with Gasteiger partial charge in [0, 0.05) is 16.8 Å². The molecule has 3 rings (SSSR count). The molecule has 2 aromatic carbocycles. The molecule has 0 atom stereocenters. The number of nitrogen functional groups attached to an aromatic ring is 1. The summed E-state index contributed by atoms with van der Waals surface area (Å²) in [7, 11) is 0. The Balaban J connectivity index is 1.95. The highest BCUT2D eigenvalue weighted by Gasteiger charge is 2.16. The fourth-order valence-corrected chi connectivity index (χ4v) is 2.14. The van der Waals surface area contributed by atoms with Gasteiger partial charge < -0.3 is 11.5 Å². The maximum atomic E-state index is 12.4. The Bertz CT molecular complexity index is 901. The number of carbonyl (C=O) groups is 2. The zero-order valence-electron chi connectivity index (χ0n) is 12.0. The van der Waals surface area contributed by atoms with Crippen molar-refractivity contribution in [3.63, 3.8) is 0 Å². The Labute approximate surface area is 131 Å². The number of nitrogens with zero attached hydrogens (tertiary/aromatic N) is 3. The van der Waals surface area contributed by atoms with Gasteiger partial charge in [-0.25, -0.2) is 4.68 Å². The zero-order valence-corrected chi connectivity index (χ0v) is 12.0. The van der Waals surface area contributed by atoms with Gasteiger partial charge in [0.15, 0.2) is 5.69 Å². The van der Waals surface area contributed by atoms with Crippen LogP contribution in [-0.4, -0.2) is 26.7 Å². The second kappa shape index (κ2) is 5.72. The van der Waals surface area contributed by atoms with E-state index in [0.717, 1.165) is 0 Å². The van der Waals surface area contributed by atoms with Gasteiger partial charge in [-0.05, 0) is 30.3 Å². The first kappa shape index (κ1) is 14.5. The highest BCUT2D eigenvalue weighted by Crippen LogP contribution is 2.16. The Hall–Kier alpha value is -3.48. The molecule has 0 radical (unpaired) electrons. The molecule has 0 aliphatic carbocycles. The number of primary amides is 1. The van der Waals surface area contributed by atoms with Crippen molar-refractivity contribution in [2.75, 3.05) is 5.73 Å². The molecule has 1 amide bonds. The third kappa shape index (κ3) is 2.80. The van der Waals surface area contributed by atoms with Gasteiger partial charge in [-0.1, -0.05) is 23.4 Å². The predicted octanol–water partition coefficient (Wildman–Crippen LogP) is 1.18. The topological polar surface area (TPSA) is 117 Å². The number of rotatable bonds is 4. The fraction of sp³-hybridized carbons (Fsp3) is 0. The lowest BCUT2D eigenvalue weighted by molar-refractivity contribution is 0.0998. The molecule has 0 fully saturated rings. The maximum absolute atomic E-state index is 12.4. The predicted molar refractivity (Wildman–Crippen MR) is 84.2 cm³/mol. The van der Waals surface area contributed by atoms with Crippen molar-refractivity contribution >= 4 is 17.4 Å². The molecular formula is C16H13N5O2. The van der Waals surface area contributed by atoms with Gasteiger partial charge in [0.2, 0.25) is 11.7 Å². The maximum Gasteiger partial charge on any atom is 0.248 e. The average Bonchev–Trinajstić information content (AvgIpc) is 3.05. The number of hydrogen-bond acceptors (Lipinski definition) is 5. The van der Waals surface area contributed by atoms with Crippen LogP contribution in [0.4, 0.5) is 5.69 Å². The number of carbonyl (C=O) groups excluding carboxylic acids is 2. The largest absolute Gasteiger partial charge is 0.398 e. The lowest BCUT2D eigenvalue weighted by Gasteiger charge is -2.02. The van der Waals surface area contributed by atoms with E-state index in [0.29, 0.717) is 22.5 Å². The number of aromatic nitrogens is 3. The first-order valence-electron chi connectivity index (χ1n) is 6.78. The molecule has 0 spiro atoms. The van der Waals surface area contributed by atoms with E-state index in [4.69, 9.17) is 11.5 Å². The Kier molecular flexibility index (Phi) is 3.60. The molecule has 4 N–H and O–H groups in total. The summed E-state index contributed by atoms with van der Waals surface area (Å²) in [6.07, 6.45) is 1.48. The molecule has 114 valence electrons. The van der Waals surface area contributed by atoms with E-state index in [1.165, 1.54) is 10.9 Å². The number of para-hydroxylation sites is 1. The van der Waals surface area contributed by atoms with Crippen LogP contribution in [0.5, 0.6) is 0 Å². The monoisotopic (exact) mass is 307 g/mol. The molecule has 7 heteroatoms. The molecule has 0 aliphatic heterocycles. The number of amides is 1. The van der Waals surface area contributed by atoms with Crippen molar-refractivity contribution in [2.24, 2.45) is 5.73 Å². The standard InChI is InChI=1S/C16H13N5O2/c17-13-7-2-1-6-12(13)15(22)14-9-21(20-19-14)11-5-3-4-10(8-11)16(18)23/h1-9H,17H2,(H2,18,23).